The van der Waals surface area contributed by atoms with E-state index < -0.39 is 0 Å². The molecule has 1 aliphatic rings. The summed E-state index contributed by atoms with van der Waals surface area (Å²) in [4.78, 5) is 22.4. The molecule has 0 spiro atoms. The lowest BCUT2D eigenvalue weighted by molar-refractivity contribution is 0.269. The number of hydrogen-bond donors (Lipinski definition) is 1. The van der Waals surface area contributed by atoms with Gasteiger partial charge >= 0.3 is 0 Å². The number of rotatable bonds is 7. The molecule has 1 N–H and O–H groups in total. The fraction of sp³-hybridized carbons (Fsp3) is 0.250. The van der Waals surface area contributed by atoms with Gasteiger partial charge in [-0.25, -0.2) is 4.98 Å². The number of hydrogen-bond acceptors (Lipinski definition) is 6. The summed E-state index contributed by atoms with van der Waals surface area (Å²) < 4.78 is 11.8. The zero-order valence-corrected chi connectivity index (χ0v) is 20.3. The number of thiophene rings is 1. The van der Waals surface area contributed by atoms with E-state index in [2.05, 4.69) is 16.0 Å². The molecule has 0 aliphatic heterocycles. The zero-order valence-electron chi connectivity index (χ0n) is 19.5. The summed E-state index contributed by atoms with van der Waals surface area (Å²) >= 11 is 1.57. The van der Waals surface area contributed by atoms with E-state index in [0.717, 1.165) is 42.4 Å². The summed E-state index contributed by atoms with van der Waals surface area (Å²) in [5, 5.41) is 10.6. The zero-order chi connectivity index (χ0) is 24.2. The van der Waals surface area contributed by atoms with Gasteiger partial charge in [-0.05, 0) is 67.5 Å². The predicted octanol–water partition coefficient (Wildman–Crippen LogP) is 5.91. The second-order valence-electron chi connectivity index (χ2n) is 8.39. The minimum Gasteiger partial charge on any atom is -0.490 e. The van der Waals surface area contributed by atoms with Gasteiger partial charge in [-0.3, -0.25) is 4.79 Å². The molecule has 0 radical (unpaired) electrons. The molecule has 0 saturated carbocycles. The lowest BCUT2D eigenvalue weighted by Gasteiger charge is -2.13. The van der Waals surface area contributed by atoms with Gasteiger partial charge in [0, 0.05) is 4.88 Å². The number of nitrogens with one attached hydrogen (secondary N) is 1. The van der Waals surface area contributed by atoms with Gasteiger partial charge < -0.3 is 14.5 Å². The van der Waals surface area contributed by atoms with E-state index in [9.17, 15) is 10.1 Å². The summed E-state index contributed by atoms with van der Waals surface area (Å²) in [6.45, 7) is 2.82. The molecule has 2 aromatic carbocycles. The van der Waals surface area contributed by atoms with Crippen LogP contribution in [0, 0.1) is 11.3 Å². The molecule has 0 fully saturated rings. The lowest BCUT2D eigenvalue weighted by Crippen LogP contribution is -2.12. The quantitative estimate of drug-likeness (QED) is 0.330. The molecule has 2 heterocycles. The minimum absolute atomic E-state index is 0.176. The second-order valence-corrected chi connectivity index (χ2v) is 9.47. The number of allylic oxidation sites excluding steroid dienone is 1. The van der Waals surface area contributed by atoms with Crippen molar-refractivity contribution >= 4 is 33.2 Å². The highest BCUT2D eigenvalue weighted by Gasteiger charge is 2.20. The minimum atomic E-state index is -0.176. The molecule has 1 aliphatic carbocycles. The van der Waals surface area contributed by atoms with Crippen LogP contribution in [0.3, 0.4) is 0 Å². The molecule has 2 aromatic heterocycles. The highest BCUT2D eigenvalue weighted by atomic mass is 32.1. The Morgan fingerprint density at radius 3 is 2.77 bits per heavy atom. The molecule has 176 valence electrons. The first kappa shape index (κ1) is 22.9. The molecule has 5 rings (SSSR count). The first-order valence-corrected chi connectivity index (χ1v) is 12.6. The van der Waals surface area contributed by atoms with E-state index in [1.54, 1.807) is 17.4 Å². The smallest absolute Gasteiger partial charge is 0.260 e. The third-order valence-corrected chi connectivity index (χ3v) is 7.20. The Balaban J connectivity index is 1.46. The van der Waals surface area contributed by atoms with Gasteiger partial charge in [-0.1, -0.05) is 36.4 Å². The van der Waals surface area contributed by atoms with Gasteiger partial charge in [-0.2, -0.15) is 5.26 Å². The normalized spacial score (nSPS) is 13.3. The van der Waals surface area contributed by atoms with Crippen molar-refractivity contribution in [2.75, 3.05) is 6.61 Å². The van der Waals surface area contributed by atoms with Crippen molar-refractivity contribution < 1.29 is 9.47 Å². The number of aromatic amines is 1. The van der Waals surface area contributed by atoms with Gasteiger partial charge in [0.25, 0.3) is 5.56 Å². The molecule has 0 bridgehead atoms. The molecule has 0 amide bonds. The molecule has 35 heavy (non-hydrogen) atoms. The van der Waals surface area contributed by atoms with Crippen LogP contribution >= 0.6 is 11.3 Å². The Labute approximate surface area is 207 Å². The van der Waals surface area contributed by atoms with E-state index in [-0.39, 0.29) is 17.0 Å². The average molecular weight is 484 g/mol. The maximum Gasteiger partial charge on any atom is 0.260 e. The number of nitriles is 1. The fourth-order valence-electron chi connectivity index (χ4n) is 4.35. The maximum atomic E-state index is 12.9. The summed E-state index contributed by atoms with van der Waals surface area (Å²) in [6.07, 6.45) is 5.85. The predicted molar refractivity (Wildman–Crippen MR) is 139 cm³/mol. The van der Waals surface area contributed by atoms with Crippen LogP contribution in [-0.2, 0) is 19.4 Å². The fourth-order valence-corrected chi connectivity index (χ4v) is 5.61. The van der Waals surface area contributed by atoms with E-state index in [0.29, 0.717) is 34.9 Å². The van der Waals surface area contributed by atoms with E-state index in [1.807, 2.05) is 55.5 Å². The van der Waals surface area contributed by atoms with Gasteiger partial charge in [0.05, 0.1) is 17.6 Å². The van der Waals surface area contributed by atoms with Crippen molar-refractivity contribution in [2.45, 2.75) is 39.2 Å². The number of nitrogens with zero attached hydrogens (tertiary/aromatic N) is 2. The van der Waals surface area contributed by atoms with Crippen molar-refractivity contribution in [1.29, 1.82) is 5.26 Å². The summed E-state index contributed by atoms with van der Waals surface area (Å²) in [5.74, 6) is 1.51. The molecular weight excluding hydrogens is 458 g/mol. The molecule has 7 heteroatoms. The Morgan fingerprint density at radius 1 is 1.14 bits per heavy atom. The van der Waals surface area contributed by atoms with Gasteiger partial charge in [0.1, 0.15) is 17.5 Å². The number of H-pyrrole nitrogens is 1. The Bertz CT molecular complexity index is 1500. The first-order chi connectivity index (χ1) is 17.2. The largest absolute Gasteiger partial charge is 0.490 e. The van der Waals surface area contributed by atoms with Crippen LogP contribution in [0.5, 0.6) is 11.5 Å². The van der Waals surface area contributed by atoms with Crippen LogP contribution < -0.4 is 15.0 Å². The number of benzene rings is 2. The highest BCUT2D eigenvalue weighted by molar-refractivity contribution is 7.18. The Hall–Kier alpha value is -3.89. The van der Waals surface area contributed by atoms with Crippen molar-refractivity contribution in [2.24, 2.45) is 0 Å². The number of aryl methyl sites for hydroxylation is 2. The number of fused-ring (bicyclic) bond motifs is 3. The van der Waals surface area contributed by atoms with Crippen molar-refractivity contribution in [3.05, 3.63) is 86.3 Å². The molecule has 0 atom stereocenters. The molecule has 4 aromatic rings. The van der Waals surface area contributed by atoms with E-state index in [1.165, 1.54) is 4.88 Å². The van der Waals surface area contributed by atoms with Gasteiger partial charge in [0.2, 0.25) is 0 Å². The third kappa shape index (κ3) is 4.84. The van der Waals surface area contributed by atoms with Crippen LogP contribution in [0.15, 0.2) is 53.3 Å². The van der Waals surface area contributed by atoms with Crippen LogP contribution in [-0.4, -0.2) is 16.6 Å². The second kappa shape index (κ2) is 10.2. The van der Waals surface area contributed by atoms with E-state index >= 15 is 0 Å². The van der Waals surface area contributed by atoms with Crippen LogP contribution in [0.2, 0.25) is 0 Å². The summed E-state index contributed by atoms with van der Waals surface area (Å²) in [5.41, 5.74) is 3.06. The van der Waals surface area contributed by atoms with Crippen molar-refractivity contribution in [1.82, 2.24) is 9.97 Å². The maximum absolute atomic E-state index is 12.9. The third-order valence-electron chi connectivity index (χ3n) is 6.02. The van der Waals surface area contributed by atoms with Crippen molar-refractivity contribution in [3.8, 4) is 17.6 Å². The molecular formula is C28H25N3O3S. The summed E-state index contributed by atoms with van der Waals surface area (Å²) in [7, 11) is 0. The van der Waals surface area contributed by atoms with Crippen LogP contribution in [0.25, 0.3) is 21.9 Å². The van der Waals surface area contributed by atoms with Crippen molar-refractivity contribution in [3.63, 3.8) is 0 Å². The monoisotopic (exact) mass is 483 g/mol. The Kier molecular flexibility index (Phi) is 6.64. The molecule has 0 unspecified atom stereocenters. The SMILES string of the molecule is CCOc1cc(/C=C(\C#N)c2nc3sc4c(c3c(=O)[nH]2)CCCC4)ccc1OCc1ccccc1. The number of aromatic nitrogens is 2. The summed E-state index contributed by atoms with van der Waals surface area (Å²) in [6, 6.07) is 17.6. The standard InChI is InChI=1S/C28H25N3O3S/c1-2-33-23-15-19(12-13-22(23)34-17-18-8-4-3-5-9-18)14-20(16-29)26-30-27(32)25-21-10-6-7-11-24(21)35-28(25)31-26/h3-5,8-9,12-15H,2,6-7,10-11,17H2,1H3,(H,30,31,32)/b20-14+. The number of ether oxygens (including phenoxy) is 2. The molecule has 6 nitrogen and oxygen atoms in total. The Morgan fingerprint density at radius 2 is 1.97 bits per heavy atom. The topological polar surface area (TPSA) is 88.0 Å². The lowest BCUT2D eigenvalue weighted by atomic mass is 9.97. The first-order valence-electron chi connectivity index (χ1n) is 11.8. The van der Waals surface area contributed by atoms with Gasteiger partial charge in [0.15, 0.2) is 17.3 Å². The van der Waals surface area contributed by atoms with Gasteiger partial charge in [-0.15, -0.1) is 11.3 Å². The highest BCUT2D eigenvalue weighted by Crippen LogP contribution is 2.34. The van der Waals surface area contributed by atoms with Crippen LogP contribution in [0.4, 0.5) is 0 Å². The molecule has 0 saturated heterocycles. The van der Waals surface area contributed by atoms with E-state index in [4.69, 9.17) is 9.47 Å². The average Bonchev–Trinajstić information content (AvgIpc) is 3.26. The van der Waals surface area contributed by atoms with Crippen LogP contribution in [0.1, 0.15) is 47.2 Å².